The number of piperidine rings is 1. The smallest absolute Gasteiger partial charge is 0.410 e. The molecule has 24 heavy (non-hydrogen) atoms. The van der Waals surface area contributed by atoms with Crippen LogP contribution < -0.4 is 0 Å². The first-order valence-corrected chi connectivity index (χ1v) is 8.01. The third-order valence-corrected chi connectivity index (χ3v) is 4.32. The Bertz CT molecular complexity index is 703. The van der Waals surface area contributed by atoms with Gasteiger partial charge in [0, 0.05) is 25.3 Å². The summed E-state index contributed by atoms with van der Waals surface area (Å²) in [6, 6.07) is 13.0. The van der Waals surface area contributed by atoms with E-state index in [1.165, 1.54) is 0 Å². The second-order valence-electron chi connectivity index (χ2n) is 5.86. The fourth-order valence-corrected chi connectivity index (χ4v) is 3.03. The summed E-state index contributed by atoms with van der Waals surface area (Å²) >= 11 is 0. The van der Waals surface area contributed by atoms with Crippen molar-refractivity contribution in [3.63, 3.8) is 0 Å². The number of carboxylic acids is 1. The molecular weight excluding hydrogens is 308 g/mol. The molecule has 3 rings (SSSR count). The lowest BCUT2D eigenvalue weighted by atomic mass is 10.1. The zero-order valence-corrected chi connectivity index (χ0v) is 13.3. The Balaban J connectivity index is 1.52. The van der Waals surface area contributed by atoms with Crippen molar-refractivity contribution >= 4 is 12.1 Å². The monoisotopic (exact) mass is 328 g/mol. The molecule has 0 saturated carbocycles. The molecule has 126 valence electrons. The summed E-state index contributed by atoms with van der Waals surface area (Å²) in [6.45, 7) is 1.39. The van der Waals surface area contributed by atoms with E-state index >= 15 is 0 Å². The fraction of sp³-hybridized carbons (Fsp3) is 0.333. The Morgan fingerprint density at radius 2 is 1.79 bits per heavy atom. The van der Waals surface area contributed by atoms with Gasteiger partial charge in [0.2, 0.25) is 0 Å². The predicted molar refractivity (Wildman–Crippen MR) is 87.9 cm³/mol. The molecule has 0 atom stereocenters. The van der Waals surface area contributed by atoms with E-state index < -0.39 is 5.97 Å². The molecule has 6 nitrogen and oxygen atoms in total. The molecule has 1 aliphatic heterocycles. The number of carbonyl (C=O) groups excluding carboxylic acids is 1. The maximum atomic E-state index is 12.1. The largest absolute Gasteiger partial charge is 0.477 e. The van der Waals surface area contributed by atoms with Crippen molar-refractivity contribution in [2.24, 2.45) is 0 Å². The molecule has 2 aromatic rings. The number of aromatic nitrogens is 1. The number of carboxylic acid groups (broad SMARTS) is 1. The SMILES string of the molecule is O=C(O)c1cccn1C1CCN(C(=O)OCc2ccccc2)CC1. The number of benzene rings is 1. The molecule has 0 spiro atoms. The van der Waals surface area contributed by atoms with Crippen LogP contribution in [0.25, 0.3) is 0 Å². The van der Waals surface area contributed by atoms with Gasteiger partial charge in [-0.3, -0.25) is 0 Å². The van der Waals surface area contributed by atoms with Crippen LogP contribution in [-0.4, -0.2) is 39.7 Å². The Labute approximate surface area is 140 Å². The molecule has 0 bridgehead atoms. The summed E-state index contributed by atoms with van der Waals surface area (Å²) < 4.78 is 7.13. The maximum Gasteiger partial charge on any atom is 0.410 e. The van der Waals surface area contributed by atoms with E-state index in [0.717, 1.165) is 18.4 Å². The molecular formula is C18H20N2O4. The Kier molecular flexibility index (Phi) is 4.84. The average Bonchev–Trinajstić information content (AvgIpc) is 3.11. The fourth-order valence-electron chi connectivity index (χ4n) is 3.03. The molecule has 6 heteroatoms. The lowest BCUT2D eigenvalue weighted by Crippen LogP contribution is -2.39. The lowest BCUT2D eigenvalue weighted by molar-refractivity contribution is 0.0667. The van der Waals surface area contributed by atoms with Gasteiger partial charge in [0.15, 0.2) is 0 Å². The van der Waals surface area contributed by atoms with E-state index in [1.54, 1.807) is 27.8 Å². The van der Waals surface area contributed by atoms with Gasteiger partial charge in [-0.25, -0.2) is 9.59 Å². The van der Waals surface area contributed by atoms with Crippen molar-refractivity contribution in [1.29, 1.82) is 0 Å². The van der Waals surface area contributed by atoms with Gasteiger partial charge >= 0.3 is 12.1 Å². The number of nitrogens with zero attached hydrogens (tertiary/aromatic N) is 2. The van der Waals surface area contributed by atoms with Gasteiger partial charge in [-0.15, -0.1) is 0 Å². The molecule has 1 aromatic heterocycles. The van der Waals surface area contributed by atoms with Gasteiger partial charge in [-0.2, -0.15) is 0 Å². The quantitative estimate of drug-likeness (QED) is 0.936. The summed E-state index contributed by atoms with van der Waals surface area (Å²) in [5.74, 6) is -0.926. The molecule has 1 N–H and O–H groups in total. The standard InChI is InChI=1S/C18H20N2O4/c21-17(22)16-7-4-10-20(16)15-8-11-19(12-9-15)18(23)24-13-14-5-2-1-3-6-14/h1-7,10,15H,8-9,11-13H2,(H,21,22). The number of ether oxygens (including phenoxy) is 1. The zero-order valence-electron chi connectivity index (χ0n) is 13.3. The van der Waals surface area contributed by atoms with Gasteiger partial charge in [-0.05, 0) is 30.5 Å². The highest BCUT2D eigenvalue weighted by atomic mass is 16.6. The summed E-state index contributed by atoms with van der Waals surface area (Å²) in [5.41, 5.74) is 1.25. The van der Waals surface area contributed by atoms with E-state index in [9.17, 15) is 14.7 Å². The van der Waals surface area contributed by atoms with Crippen molar-refractivity contribution < 1.29 is 19.4 Å². The molecule has 1 saturated heterocycles. The molecule has 1 fully saturated rings. The first kappa shape index (κ1) is 16.1. The number of aromatic carboxylic acids is 1. The van der Waals surface area contributed by atoms with Crippen molar-refractivity contribution in [3.05, 3.63) is 59.9 Å². The number of likely N-dealkylation sites (tertiary alicyclic amines) is 1. The third-order valence-electron chi connectivity index (χ3n) is 4.32. The normalized spacial score (nSPS) is 15.2. The Hall–Kier alpha value is -2.76. The molecule has 0 radical (unpaired) electrons. The molecule has 1 aromatic carbocycles. The van der Waals surface area contributed by atoms with E-state index in [1.807, 2.05) is 30.3 Å². The van der Waals surface area contributed by atoms with E-state index in [2.05, 4.69) is 0 Å². The van der Waals surface area contributed by atoms with Crippen LogP contribution in [0.4, 0.5) is 4.79 Å². The first-order chi connectivity index (χ1) is 11.6. The van der Waals surface area contributed by atoms with Crippen LogP contribution in [0, 0.1) is 0 Å². The molecule has 0 unspecified atom stereocenters. The van der Waals surface area contributed by atoms with Crippen molar-refractivity contribution in [3.8, 4) is 0 Å². The number of rotatable bonds is 4. The van der Waals surface area contributed by atoms with E-state index in [-0.39, 0.29) is 18.7 Å². The Morgan fingerprint density at radius 1 is 1.08 bits per heavy atom. The molecule has 2 heterocycles. The minimum atomic E-state index is -0.926. The van der Waals surface area contributed by atoms with Gasteiger partial charge in [-0.1, -0.05) is 30.3 Å². The van der Waals surface area contributed by atoms with Gasteiger partial charge < -0.3 is 19.3 Å². The van der Waals surface area contributed by atoms with Crippen molar-refractivity contribution in [2.75, 3.05) is 13.1 Å². The van der Waals surface area contributed by atoms with Crippen LogP contribution in [0.3, 0.4) is 0 Å². The summed E-state index contributed by atoms with van der Waals surface area (Å²) in [4.78, 5) is 25.0. The molecule has 1 aliphatic rings. The van der Waals surface area contributed by atoms with Crippen molar-refractivity contribution in [2.45, 2.75) is 25.5 Å². The third kappa shape index (κ3) is 3.59. The lowest BCUT2D eigenvalue weighted by Gasteiger charge is -2.32. The van der Waals surface area contributed by atoms with Crippen LogP contribution in [0.15, 0.2) is 48.7 Å². The van der Waals surface area contributed by atoms with Crippen LogP contribution in [0.2, 0.25) is 0 Å². The van der Waals surface area contributed by atoms with Crippen molar-refractivity contribution in [1.82, 2.24) is 9.47 Å². The summed E-state index contributed by atoms with van der Waals surface area (Å²) in [7, 11) is 0. The summed E-state index contributed by atoms with van der Waals surface area (Å²) in [5, 5.41) is 9.20. The highest BCUT2D eigenvalue weighted by molar-refractivity contribution is 5.85. The van der Waals surface area contributed by atoms with Gasteiger partial charge in [0.25, 0.3) is 0 Å². The second-order valence-corrected chi connectivity index (χ2v) is 5.86. The zero-order chi connectivity index (χ0) is 16.9. The van der Waals surface area contributed by atoms with E-state index in [0.29, 0.717) is 18.8 Å². The number of hydrogen-bond acceptors (Lipinski definition) is 3. The van der Waals surface area contributed by atoms with Crippen LogP contribution in [0.1, 0.15) is 34.9 Å². The highest BCUT2D eigenvalue weighted by Crippen LogP contribution is 2.25. The van der Waals surface area contributed by atoms with Crippen LogP contribution in [0.5, 0.6) is 0 Å². The maximum absolute atomic E-state index is 12.1. The topological polar surface area (TPSA) is 71.8 Å². The summed E-state index contributed by atoms with van der Waals surface area (Å²) in [6.07, 6.45) is 2.91. The predicted octanol–water partition coefficient (Wildman–Crippen LogP) is 3.16. The van der Waals surface area contributed by atoms with E-state index in [4.69, 9.17) is 4.74 Å². The minimum absolute atomic E-state index is 0.101. The molecule has 0 aliphatic carbocycles. The average molecular weight is 328 g/mol. The number of hydrogen-bond donors (Lipinski definition) is 1. The number of carbonyl (C=O) groups is 2. The first-order valence-electron chi connectivity index (χ1n) is 8.01. The van der Waals surface area contributed by atoms with Gasteiger partial charge in [0.05, 0.1) is 0 Å². The second kappa shape index (κ2) is 7.21. The minimum Gasteiger partial charge on any atom is -0.477 e. The molecule has 1 amide bonds. The Morgan fingerprint density at radius 3 is 2.46 bits per heavy atom. The highest BCUT2D eigenvalue weighted by Gasteiger charge is 2.26. The van der Waals surface area contributed by atoms with Gasteiger partial charge in [0.1, 0.15) is 12.3 Å². The van der Waals surface area contributed by atoms with Crippen LogP contribution >= 0.6 is 0 Å². The number of amides is 1. The van der Waals surface area contributed by atoms with Crippen LogP contribution in [-0.2, 0) is 11.3 Å².